The van der Waals surface area contributed by atoms with Crippen LogP contribution in [0, 0.1) is 5.92 Å². The number of H-pyrrole nitrogens is 1. The minimum Gasteiger partial charge on any atom is -0.488 e. The summed E-state index contributed by atoms with van der Waals surface area (Å²) in [5.74, 6) is 2.78. The van der Waals surface area contributed by atoms with Crippen molar-refractivity contribution in [2.45, 2.75) is 57.6 Å². The van der Waals surface area contributed by atoms with E-state index in [-0.39, 0.29) is 5.60 Å². The highest BCUT2D eigenvalue weighted by molar-refractivity contribution is 5.93. The van der Waals surface area contributed by atoms with Gasteiger partial charge in [-0.05, 0) is 63.6 Å². The number of hydrogen-bond donors (Lipinski definition) is 1. The standard InChI is InChI=1S/C25H32N6O/c1-17(18-4-3-5-18)30-10-12-31(13-11-30)23-15-22(26-16-27-23)24-20-14-19(32-25(2)8-9-25)6-7-21(20)28-29-24/h6-7,14-18H,3-5,8-13H2,1-2H3,(H,28,29). The van der Waals surface area contributed by atoms with Crippen LogP contribution in [0.15, 0.2) is 30.6 Å². The summed E-state index contributed by atoms with van der Waals surface area (Å²) in [6.45, 7) is 8.78. The third-order valence-corrected chi connectivity index (χ3v) is 7.79. The zero-order valence-corrected chi connectivity index (χ0v) is 19.0. The Morgan fingerprint density at radius 1 is 1.09 bits per heavy atom. The number of benzene rings is 1. The molecule has 0 bridgehead atoms. The van der Waals surface area contributed by atoms with Crippen LogP contribution >= 0.6 is 0 Å². The van der Waals surface area contributed by atoms with Crippen LogP contribution in [0.3, 0.4) is 0 Å². The van der Waals surface area contributed by atoms with E-state index in [9.17, 15) is 0 Å². The van der Waals surface area contributed by atoms with Gasteiger partial charge in [0.2, 0.25) is 0 Å². The zero-order chi connectivity index (χ0) is 21.7. The molecule has 0 amide bonds. The molecular formula is C25H32N6O. The first-order valence-corrected chi connectivity index (χ1v) is 12.1. The molecule has 1 aliphatic heterocycles. The van der Waals surface area contributed by atoms with Gasteiger partial charge in [-0.1, -0.05) is 6.42 Å². The van der Waals surface area contributed by atoms with Crippen molar-refractivity contribution in [2.75, 3.05) is 31.1 Å². The van der Waals surface area contributed by atoms with E-state index in [2.05, 4.69) is 55.9 Å². The van der Waals surface area contributed by atoms with Crippen molar-refractivity contribution in [3.8, 4) is 17.1 Å². The first-order valence-electron chi connectivity index (χ1n) is 12.1. The quantitative estimate of drug-likeness (QED) is 0.628. The van der Waals surface area contributed by atoms with E-state index < -0.39 is 0 Å². The normalized spacial score (nSPS) is 22.0. The molecule has 1 unspecified atom stereocenters. The summed E-state index contributed by atoms with van der Waals surface area (Å²) in [6.07, 6.45) is 8.12. The molecule has 3 heterocycles. The molecule has 3 aliphatic rings. The third kappa shape index (κ3) is 3.72. The first-order chi connectivity index (χ1) is 15.6. The topological polar surface area (TPSA) is 70.2 Å². The van der Waals surface area contributed by atoms with Crippen LogP contribution in [0.25, 0.3) is 22.3 Å². The molecular weight excluding hydrogens is 400 g/mol. The fraction of sp³-hybridized carbons (Fsp3) is 0.560. The highest BCUT2D eigenvalue weighted by Crippen LogP contribution is 2.40. The maximum absolute atomic E-state index is 6.17. The maximum atomic E-state index is 6.17. The van der Waals surface area contributed by atoms with E-state index in [0.717, 1.165) is 78.8 Å². The van der Waals surface area contributed by atoms with Crippen LogP contribution in [0.5, 0.6) is 5.75 Å². The van der Waals surface area contributed by atoms with Gasteiger partial charge in [0, 0.05) is 43.7 Å². The third-order valence-electron chi connectivity index (χ3n) is 7.79. The largest absolute Gasteiger partial charge is 0.488 e. The van der Waals surface area contributed by atoms with Gasteiger partial charge < -0.3 is 9.64 Å². The van der Waals surface area contributed by atoms with Gasteiger partial charge in [0.05, 0.1) is 11.2 Å². The maximum Gasteiger partial charge on any atom is 0.132 e. The van der Waals surface area contributed by atoms with Crippen molar-refractivity contribution in [3.63, 3.8) is 0 Å². The minimum atomic E-state index is -0.00204. The number of rotatable bonds is 6. The molecule has 7 heteroatoms. The highest BCUT2D eigenvalue weighted by atomic mass is 16.5. The Hall–Kier alpha value is -2.67. The number of nitrogens with one attached hydrogen (secondary N) is 1. The molecule has 2 saturated carbocycles. The van der Waals surface area contributed by atoms with E-state index in [1.54, 1.807) is 6.33 Å². The van der Waals surface area contributed by atoms with Crippen molar-refractivity contribution in [2.24, 2.45) is 5.92 Å². The summed E-state index contributed by atoms with van der Waals surface area (Å²) in [5, 5.41) is 8.76. The molecule has 32 heavy (non-hydrogen) atoms. The average molecular weight is 433 g/mol. The molecule has 2 aliphatic carbocycles. The Kier molecular flexibility index (Phi) is 4.82. The molecule has 0 spiro atoms. The minimum absolute atomic E-state index is 0.00204. The van der Waals surface area contributed by atoms with Crippen LogP contribution in [0.4, 0.5) is 5.82 Å². The summed E-state index contributed by atoms with van der Waals surface area (Å²) in [6, 6.07) is 8.92. The summed E-state index contributed by atoms with van der Waals surface area (Å²) in [4.78, 5) is 14.2. The van der Waals surface area contributed by atoms with Crippen molar-refractivity contribution < 1.29 is 4.74 Å². The van der Waals surface area contributed by atoms with Crippen molar-refractivity contribution >= 4 is 16.7 Å². The summed E-state index contributed by atoms with van der Waals surface area (Å²) in [7, 11) is 0. The second-order valence-electron chi connectivity index (χ2n) is 10.0. The second-order valence-corrected chi connectivity index (χ2v) is 10.0. The summed E-state index contributed by atoms with van der Waals surface area (Å²) < 4.78 is 6.17. The molecule has 3 fully saturated rings. The molecule has 1 atom stereocenters. The zero-order valence-electron chi connectivity index (χ0n) is 19.0. The number of fused-ring (bicyclic) bond motifs is 1. The van der Waals surface area contributed by atoms with Crippen LogP contribution in [-0.4, -0.2) is 62.9 Å². The molecule has 7 nitrogen and oxygen atoms in total. The number of hydrogen-bond acceptors (Lipinski definition) is 6. The number of aromatic nitrogens is 4. The smallest absolute Gasteiger partial charge is 0.132 e. The van der Waals surface area contributed by atoms with Gasteiger partial charge in [-0.25, -0.2) is 9.97 Å². The predicted octanol–water partition coefficient (Wildman–Crippen LogP) is 4.26. The van der Waals surface area contributed by atoms with Crippen LogP contribution in [-0.2, 0) is 0 Å². The van der Waals surface area contributed by atoms with Gasteiger partial charge in [0.1, 0.15) is 29.2 Å². The first kappa shape index (κ1) is 20.0. The number of nitrogens with zero attached hydrogens (tertiary/aromatic N) is 5. The van der Waals surface area contributed by atoms with Gasteiger partial charge in [0.15, 0.2) is 0 Å². The second kappa shape index (κ2) is 7.73. The van der Waals surface area contributed by atoms with Gasteiger partial charge in [-0.15, -0.1) is 0 Å². The van der Waals surface area contributed by atoms with Gasteiger partial charge in [0.25, 0.3) is 0 Å². The average Bonchev–Trinajstić information content (AvgIpc) is 3.35. The van der Waals surface area contributed by atoms with Crippen molar-refractivity contribution in [3.05, 3.63) is 30.6 Å². The molecule has 0 radical (unpaired) electrons. The van der Waals surface area contributed by atoms with E-state index in [4.69, 9.17) is 4.74 Å². The fourth-order valence-electron chi connectivity index (χ4n) is 5.04. The lowest BCUT2D eigenvalue weighted by molar-refractivity contribution is 0.102. The Morgan fingerprint density at radius 3 is 2.62 bits per heavy atom. The molecule has 1 saturated heterocycles. The van der Waals surface area contributed by atoms with Gasteiger partial charge in [-0.3, -0.25) is 10.00 Å². The number of piperazine rings is 1. The molecule has 3 aromatic rings. The lowest BCUT2D eigenvalue weighted by Gasteiger charge is -2.43. The van der Waals surface area contributed by atoms with Crippen LogP contribution in [0.1, 0.15) is 46.0 Å². The lowest BCUT2D eigenvalue weighted by atomic mass is 9.79. The van der Waals surface area contributed by atoms with Crippen LogP contribution < -0.4 is 9.64 Å². The van der Waals surface area contributed by atoms with Crippen LogP contribution in [0.2, 0.25) is 0 Å². The van der Waals surface area contributed by atoms with Crippen molar-refractivity contribution in [1.29, 1.82) is 0 Å². The molecule has 1 N–H and O–H groups in total. The Bertz CT molecular complexity index is 1110. The molecule has 6 rings (SSSR count). The Morgan fingerprint density at radius 2 is 1.91 bits per heavy atom. The SMILES string of the molecule is CC(C1CCC1)N1CCN(c2cc(-c3n[nH]c4ccc(OC5(C)CC5)cc34)ncn2)CC1. The highest BCUT2D eigenvalue weighted by Gasteiger charge is 2.40. The van der Waals surface area contributed by atoms with Gasteiger partial charge in [-0.2, -0.15) is 5.10 Å². The molecule has 1 aromatic carbocycles. The number of ether oxygens (including phenoxy) is 1. The number of aromatic amines is 1. The van der Waals surface area contributed by atoms with E-state index in [1.807, 2.05) is 12.1 Å². The van der Waals surface area contributed by atoms with E-state index >= 15 is 0 Å². The lowest BCUT2D eigenvalue weighted by Crippen LogP contribution is -2.52. The predicted molar refractivity (Wildman–Crippen MR) is 126 cm³/mol. The molecule has 168 valence electrons. The monoisotopic (exact) mass is 432 g/mol. The summed E-state index contributed by atoms with van der Waals surface area (Å²) >= 11 is 0. The fourth-order valence-corrected chi connectivity index (χ4v) is 5.04. The Labute approximate surface area is 189 Å². The van der Waals surface area contributed by atoms with Gasteiger partial charge >= 0.3 is 0 Å². The summed E-state index contributed by atoms with van der Waals surface area (Å²) in [5.41, 5.74) is 2.69. The Balaban J connectivity index is 1.20. The van der Waals surface area contributed by atoms with E-state index in [1.165, 1.54) is 19.3 Å². The molecule has 2 aromatic heterocycles. The van der Waals surface area contributed by atoms with Crippen molar-refractivity contribution in [1.82, 2.24) is 25.1 Å². The van der Waals surface area contributed by atoms with E-state index in [0.29, 0.717) is 6.04 Å². The number of anilines is 1.